The molecule has 0 aliphatic carbocycles. The van der Waals surface area contributed by atoms with Crippen LogP contribution < -0.4 is 5.32 Å². The van der Waals surface area contributed by atoms with Gasteiger partial charge in [0.05, 0.1) is 15.2 Å². The van der Waals surface area contributed by atoms with Crippen LogP contribution in [0.1, 0.15) is 66.0 Å². The monoisotopic (exact) mass is 598 g/mol. The molecule has 0 aromatic heterocycles. The van der Waals surface area contributed by atoms with E-state index in [2.05, 4.69) is 5.32 Å². The zero-order chi connectivity index (χ0) is 29.9. The number of sulfone groups is 1. The summed E-state index contributed by atoms with van der Waals surface area (Å²) in [6.07, 6.45) is -4.47. The van der Waals surface area contributed by atoms with Crippen LogP contribution in [0.2, 0.25) is 0 Å². The summed E-state index contributed by atoms with van der Waals surface area (Å²) in [5.41, 5.74) is -0.925. The van der Waals surface area contributed by atoms with Gasteiger partial charge in [0.2, 0.25) is 5.91 Å². The number of likely N-dealkylation sites (tertiary alicyclic amines) is 1. The summed E-state index contributed by atoms with van der Waals surface area (Å²) in [5, 5.41) is 2.68. The molecule has 1 saturated heterocycles. The number of carbonyl (C=O) groups is 2. The highest BCUT2D eigenvalue weighted by Gasteiger charge is 2.45. The first-order valence-corrected chi connectivity index (χ1v) is 14.6. The third-order valence-corrected chi connectivity index (χ3v) is 9.82. The summed E-state index contributed by atoms with van der Waals surface area (Å²) in [7, 11) is -4.13. The number of piperidine rings is 1. The van der Waals surface area contributed by atoms with Crippen LogP contribution in [0.25, 0.3) is 0 Å². The molecular weight excluding hydrogens is 557 g/mol. The molecule has 1 aliphatic heterocycles. The minimum absolute atomic E-state index is 0. The first-order chi connectivity index (χ1) is 18.4. The molecule has 228 valence electrons. The van der Waals surface area contributed by atoms with Gasteiger partial charge < -0.3 is 15.0 Å². The van der Waals surface area contributed by atoms with Gasteiger partial charge in [0.15, 0.2) is 9.84 Å². The average molecular weight is 599 g/mol. The van der Waals surface area contributed by atoms with Gasteiger partial charge in [-0.15, -0.1) is 0 Å². The largest absolute Gasteiger partial charge is 0.444 e. The molecule has 2 amide bonds. The molecule has 0 saturated carbocycles. The SMILES string of the molecule is C.CC(C)(C)OC(=O)N[C@@H](Cc1ccccc1)C(=O)N1CCC(C(C)(C)S(=O)(=O)c2cccc(C(F)(F)F)c2)CC1. The Labute approximate surface area is 241 Å². The maximum absolute atomic E-state index is 13.5. The second-order valence-electron chi connectivity index (χ2n) is 11.6. The summed E-state index contributed by atoms with van der Waals surface area (Å²) >= 11 is 0. The van der Waals surface area contributed by atoms with E-state index in [4.69, 9.17) is 4.74 Å². The van der Waals surface area contributed by atoms with E-state index >= 15 is 0 Å². The Morgan fingerprint density at radius 1 is 0.976 bits per heavy atom. The standard InChI is InChI=1S/C29H37F3N2O5S.CH4/c1-27(2,3)39-26(36)33-24(18-20-10-7-6-8-11-20)25(35)34-16-14-21(15-17-34)28(4,5)40(37,38)23-13-9-12-22(19-23)29(30,31)32;/h6-13,19,21,24H,14-18H2,1-5H3,(H,33,36);1H4/t24-;/m0./s1. The second kappa shape index (κ2) is 12.8. The van der Waals surface area contributed by atoms with Crippen molar-refractivity contribution in [3.05, 3.63) is 65.7 Å². The maximum atomic E-state index is 13.5. The molecule has 41 heavy (non-hydrogen) atoms. The van der Waals surface area contributed by atoms with Crippen LogP contribution in [0.3, 0.4) is 0 Å². The zero-order valence-electron chi connectivity index (χ0n) is 23.4. The third-order valence-electron chi connectivity index (χ3n) is 7.23. The minimum atomic E-state index is -4.66. The number of nitrogens with zero attached hydrogens (tertiary/aromatic N) is 1. The molecule has 0 spiro atoms. The van der Waals surface area contributed by atoms with Crippen molar-refractivity contribution in [1.29, 1.82) is 0 Å². The molecule has 1 aliphatic rings. The van der Waals surface area contributed by atoms with Crippen LogP contribution >= 0.6 is 0 Å². The Hall–Kier alpha value is -3.08. The Morgan fingerprint density at radius 2 is 1.56 bits per heavy atom. The number of rotatable bonds is 7. The Kier molecular flexibility index (Phi) is 10.7. The van der Waals surface area contributed by atoms with Crippen LogP contribution in [-0.4, -0.2) is 54.8 Å². The highest BCUT2D eigenvalue weighted by Crippen LogP contribution is 2.39. The molecule has 2 aromatic rings. The molecular formula is C30H41F3N2O5S. The van der Waals surface area contributed by atoms with E-state index in [1.807, 2.05) is 30.3 Å². The van der Waals surface area contributed by atoms with Crippen molar-refractivity contribution in [2.45, 2.75) is 88.8 Å². The summed E-state index contributed by atoms with van der Waals surface area (Å²) in [4.78, 5) is 27.3. The normalized spacial score (nSPS) is 16.0. The molecule has 3 rings (SSSR count). The van der Waals surface area contributed by atoms with E-state index in [0.29, 0.717) is 18.9 Å². The molecule has 1 fully saturated rings. The van der Waals surface area contributed by atoms with Crippen LogP contribution in [0.5, 0.6) is 0 Å². The fourth-order valence-corrected chi connectivity index (χ4v) is 6.70. The summed E-state index contributed by atoms with van der Waals surface area (Å²) in [6.45, 7) is 8.69. The lowest BCUT2D eigenvalue weighted by atomic mass is 9.85. The van der Waals surface area contributed by atoms with Crippen LogP contribution in [-0.2, 0) is 32.0 Å². The number of hydrogen-bond acceptors (Lipinski definition) is 5. The van der Waals surface area contributed by atoms with Crippen molar-refractivity contribution in [3.8, 4) is 0 Å². The van der Waals surface area contributed by atoms with Gasteiger partial charge in [-0.05, 0) is 77.1 Å². The number of alkyl halides is 3. The lowest BCUT2D eigenvalue weighted by molar-refractivity contribution is -0.137. The Morgan fingerprint density at radius 3 is 2.10 bits per heavy atom. The number of benzene rings is 2. The molecule has 2 aromatic carbocycles. The summed E-state index contributed by atoms with van der Waals surface area (Å²) < 4.78 is 70.6. The number of carbonyl (C=O) groups excluding carboxylic acids is 2. The number of halogens is 3. The van der Waals surface area contributed by atoms with Crippen LogP contribution in [0.4, 0.5) is 18.0 Å². The molecule has 1 atom stereocenters. The highest BCUT2D eigenvalue weighted by atomic mass is 32.2. The maximum Gasteiger partial charge on any atom is 0.416 e. The summed E-state index contributed by atoms with van der Waals surface area (Å²) in [5.74, 6) is -0.714. The lowest BCUT2D eigenvalue weighted by Crippen LogP contribution is -2.54. The third kappa shape index (κ3) is 8.47. The van der Waals surface area contributed by atoms with Gasteiger partial charge in [-0.25, -0.2) is 13.2 Å². The number of hydrogen-bond donors (Lipinski definition) is 1. The Bertz CT molecular complexity index is 1300. The smallest absolute Gasteiger partial charge is 0.416 e. The van der Waals surface area contributed by atoms with E-state index in [1.165, 1.54) is 19.9 Å². The van der Waals surface area contributed by atoms with Crippen molar-refractivity contribution in [2.75, 3.05) is 13.1 Å². The van der Waals surface area contributed by atoms with Gasteiger partial charge >= 0.3 is 12.3 Å². The lowest BCUT2D eigenvalue weighted by Gasteiger charge is -2.41. The van der Waals surface area contributed by atoms with Crippen molar-refractivity contribution in [2.24, 2.45) is 5.92 Å². The van der Waals surface area contributed by atoms with Gasteiger partial charge in [-0.1, -0.05) is 43.8 Å². The van der Waals surface area contributed by atoms with Gasteiger partial charge in [-0.2, -0.15) is 13.2 Å². The molecule has 1 heterocycles. The van der Waals surface area contributed by atoms with Gasteiger partial charge in [0.25, 0.3) is 0 Å². The molecule has 0 bridgehead atoms. The number of ether oxygens (including phenoxy) is 1. The summed E-state index contributed by atoms with van der Waals surface area (Å²) in [6, 6.07) is 12.1. The van der Waals surface area contributed by atoms with Crippen molar-refractivity contribution < 1.29 is 35.9 Å². The minimum Gasteiger partial charge on any atom is -0.444 e. The van der Waals surface area contributed by atoms with Gasteiger partial charge in [0, 0.05) is 19.5 Å². The number of amides is 2. The fraction of sp³-hybridized carbons (Fsp3) is 0.533. The van der Waals surface area contributed by atoms with Gasteiger partial charge in [-0.3, -0.25) is 4.79 Å². The van der Waals surface area contributed by atoms with Crippen molar-refractivity contribution in [3.63, 3.8) is 0 Å². The highest BCUT2D eigenvalue weighted by molar-refractivity contribution is 7.92. The number of nitrogens with one attached hydrogen (secondary N) is 1. The zero-order valence-corrected chi connectivity index (χ0v) is 24.2. The first kappa shape index (κ1) is 34.1. The van der Waals surface area contributed by atoms with Crippen LogP contribution in [0, 0.1) is 5.92 Å². The molecule has 1 N–H and O–H groups in total. The van der Waals surface area contributed by atoms with Crippen molar-refractivity contribution in [1.82, 2.24) is 10.2 Å². The molecule has 0 unspecified atom stereocenters. The molecule has 7 nitrogen and oxygen atoms in total. The average Bonchev–Trinajstić information content (AvgIpc) is 2.87. The predicted octanol–water partition coefficient (Wildman–Crippen LogP) is 6.27. The second-order valence-corrected chi connectivity index (χ2v) is 14.2. The topological polar surface area (TPSA) is 92.8 Å². The van der Waals surface area contributed by atoms with E-state index in [1.54, 1.807) is 25.7 Å². The van der Waals surface area contributed by atoms with E-state index < -0.39 is 50.0 Å². The Balaban J connectivity index is 0.00000588. The quantitative estimate of drug-likeness (QED) is 0.406. The number of alkyl carbamates (subject to hydrolysis) is 1. The molecule has 0 radical (unpaired) electrons. The fourth-order valence-electron chi connectivity index (χ4n) is 4.88. The van der Waals surface area contributed by atoms with E-state index in [-0.39, 0.29) is 37.7 Å². The van der Waals surface area contributed by atoms with Crippen LogP contribution in [0.15, 0.2) is 59.5 Å². The van der Waals surface area contributed by atoms with E-state index in [9.17, 15) is 31.2 Å². The van der Waals surface area contributed by atoms with Crippen molar-refractivity contribution >= 4 is 21.8 Å². The first-order valence-electron chi connectivity index (χ1n) is 13.2. The van der Waals surface area contributed by atoms with Gasteiger partial charge in [0.1, 0.15) is 11.6 Å². The predicted molar refractivity (Wildman–Crippen MR) is 152 cm³/mol. The molecule has 11 heteroatoms. The van der Waals surface area contributed by atoms with E-state index in [0.717, 1.165) is 17.7 Å².